The molecule has 1 aliphatic rings. The Morgan fingerprint density at radius 2 is 2.03 bits per heavy atom. The van der Waals surface area contributed by atoms with Crippen LogP contribution in [0.5, 0.6) is 5.75 Å². The minimum Gasteiger partial charge on any atom is -0.488 e. The molecule has 39 heavy (non-hydrogen) atoms. The van der Waals surface area contributed by atoms with Gasteiger partial charge in [-0.2, -0.15) is 4.31 Å². The van der Waals surface area contributed by atoms with Gasteiger partial charge in [-0.25, -0.2) is 21.8 Å². The van der Waals surface area contributed by atoms with Crippen LogP contribution in [-0.2, 0) is 27.1 Å². The molecule has 3 heterocycles. The van der Waals surface area contributed by atoms with Crippen molar-refractivity contribution >= 4 is 43.0 Å². The van der Waals surface area contributed by atoms with Crippen molar-refractivity contribution in [2.75, 3.05) is 31.5 Å². The Morgan fingerprint density at radius 3 is 2.64 bits per heavy atom. The van der Waals surface area contributed by atoms with E-state index in [0.29, 0.717) is 0 Å². The number of rotatable bonds is 9. The summed E-state index contributed by atoms with van der Waals surface area (Å²) in [5.41, 5.74) is 0.254. The van der Waals surface area contributed by atoms with Gasteiger partial charge in [0.05, 0.1) is 31.1 Å². The van der Waals surface area contributed by atoms with Gasteiger partial charge in [-0.1, -0.05) is 13.0 Å². The molecule has 0 aliphatic carbocycles. The average molecular weight is 598 g/mol. The van der Waals surface area contributed by atoms with Gasteiger partial charge in [0.15, 0.2) is 5.03 Å². The van der Waals surface area contributed by atoms with Crippen molar-refractivity contribution < 1.29 is 31.5 Å². The molecule has 12 nitrogen and oxygen atoms in total. The summed E-state index contributed by atoms with van der Waals surface area (Å²) in [6, 6.07) is 6.90. The van der Waals surface area contributed by atoms with E-state index < -0.39 is 38.1 Å². The zero-order valence-corrected chi connectivity index (χ0v) is 24.3. The smallest absolute Gasteiger partial charge is 0.271 e. The molecular formula is C24H31N5O7S3. The molecule has 0 saturated heterocycles. The largest absolute Gasteiger partial charge is 0.488 e. The first-order valence-corrected chi connectivity index (χ1v) is 15.9. The van der Waals surface area contributed by atoms with Crippen LogP contribution >= 0.6 is 11.3 Å². The number of aliphatic hydroxyl groups excluding tert-OH is 1. The number of benzene rings is 1. The number of aromatic nitrogens is 2. The summed E-state index contributed by atoms with van der Waals surface area (Å²) in [5, 5.41) is 11.4. The number of sulfonamides is 2. The molecule has 1 amide bonds. The van der Waals surface area contributed by atoms with Gasteiger partial charge in [0.1, 0.15) is 16.1 Å². The maximum Gasteiger partial charge on any atom is 0.271 e. The number of thiophene rings is 1. The van der Waals surface area contributed by atoms with E-state index in [-0.39, 0.29) is 51.8 Å². The van der Waals surface area contributed by atoms with Gasteiger partial charge >= 0.3 is 0 Å². The van der Waals surface area contributed by atoms with Gasteiger partial charge in [-0.05, 0) is 36.6 Å². The second-order valence-corrected chi connectivity index (χ2v) is 14.4. The van der Waals surface area contributed by atoms with E-state index in [1.807, 2.05) is 6.92 Å². The number of nitrogens with one attached hydrogen (secondary N) is 1. The number of hydrogen-bond acceptors (Lipinski definition) is 9. The lowest BCUT2D eigenvalue weighted by atomic mass is 9.99. The van der Waals surface area contributed by atoms with Gasteiger partial charge in [0, 0.05) is 38.4 Å². The standard InChI is InChI=1S/C24H31N5O7S3/c1-16-11-29(17(2)14-30)24(31)19-10-18(26-38(32,33)23-6-5-9-37-23)7-8-20(19)36-21(16)12-28(4)39(34,35)22-13-27(3)15-25-22/h5-10,13,15-17,21,26,30H,11-12,14H2,1-4H3/t16-,17-,21-/m0/s1. The molecule has 212 valence electrons. The first kappa shape index (κ1) is 29.0. The van der Waals surface area contributed by atoms with Crippen molar-refractivity contribution in [3.05, 3.63) is 53.8 Å². The van der Waals surface area contributed by atoms with Crippen molar-refractivity contribution in [2.45, 2.75) is 35.2 Å². The number of amides is 1. The number of carbonyl (C=O) groups excluding carboxylic acids is 1. The van der Waals surface area contributed by atoms with Gasteiger partial charge in [0.25, 0.3) is 26.0 Å². The number of anilines is 1. The second kappa shape index (κ2) is 11.3. The fourth-order valence-corrected chi connectivity index (χ4v) is 7.34. The normalized spacial score (nSPS) is 19.2. The molecule has 0 spiro atoms. The summed E-state index contributed by atoms with van der Waals surface area (Å²) < 4.78 is 63.2. The van der Waals surface area contributed by atoms with Crippen molar-refractivity contribution in [2.24, 2.45) is 13.0 Å². The van der Waals surface area contributed by atoms with Gasteiger partial charge in [-0.15, -0.1) is 11.3 Å². The molecule has 0 bridgehead atoms. The minimum atomic E-state index is -3.91. The first-order valence-electron chi connectivity index (χ1n) is 12.1. The highest BCUT2D eigenvalue weighted by Gasteiger charge is 2.36. The van der Waals surface area contributed by atoms with Crippen molar-refractivity contribution in [3.8, 4) is 5.75 Å². The third kappa shape index (κ3) is 6.11. The average Bonchev–Trinajstić information content (AvgIpc) is 3.59. The number of likely N-dealkylation sites (N-methyl/N-ethyl adjacent to an activating group) is 1. The van der Waals surface area contributed by atoms with Crippen molar-refractivity contribution in [1.29, 1.82) is 0 Å². The third-order valence-electron chi connectivity index (χ3n) is 6.47. The molecule has 1 aliphatic heterocycles. The van der Waals surface area contributed by atoms with Crippen LogP contribution in [0, 0.1) is 5.92 Å². The monoisotopic (exact) mass is 597 g/mol. The number of imidazole rings is 1. The SMILES string of the molecule is C[C@H]1CN([C@@H](C)CO)C(=O)c2cc(NS(=O)(=O)c3cccs3)ccc2O[C@H]1CN(C)S(=O)(=O)c1cn(C)cn1. The quantitative estimate of drug-likeness (QED) is 0.379. The fraction of sp³-hybridized carbons (Fsp3) is 0.417. The van der Waals surface area contributed by atoms with Crippen LogP contribution in [-0.4, -0.2) is 85.5 Å². The zero-order valence-electron chi connectivity index (χ0n) is 21.9. The lowest BCUT2D eigenvalue weighted by molar-refractivity contribution is 0.0387. The van der Waals surface area contributed by atoms with Crippen LogP contribution in [0.15, 0.2) is 57.5 Å². The van der Waals surface area contributed by atoms with Crippen molar-refractivity contribution in [3.63, 3.8) is 0 Å². The molecule has 1 aromatic carbocycles. The molecule has 15 heteroatoms. The maximum absolute atomic E-state index is 13.6. The van der Waals surface area contributed by atoms with E-state index in [0.717, 1.165) is 15.6 Å². The Balaban J connectivity index is 1.68. The Labute approximate surface area is 231 Å². The summed E-state index contributed by atoms with van der Waals surface area (Å²) >= 11 is 1.06. The Morgan fingerprint density at radius 1 is 1.28 bits per heavy atom. The van der Waals surface area contributed by atoms with E-state index in [1.54, 1.807) is 25.4 Å². The van der Waals surface area contributed by atoms with Gasteiger partial charge in [-0.3, -0.25) is 9.52 Å². The Bertz CT molecular complexity index is 1540. The number of aryl methyl sites for hydroxylation is 1. The van der Waals surface area contributed by atoms with Gasteiger partial charge in [0.2, 0.25) is 0 Å². The summed E-state index contributed by atoms with van der Waals surface area (Å²) in [6.45, 7) is 3.38. The predicted octanol–water partition coefficient (Wildman–Crippen LogP) is 1.82. The Hall–Kier alpha value is -2.98. The summed E-state index contributed by atoms with van der Waals surface area (Å²) in [7, 11) is -4.66. The molecule has 0 fully saturated rings. The highest BCUT2D eigenvalue weighted by molar-refractivity contribution is 7.94. The summed E-state index contributed by atoms with van der Waals surface area (Å²) in [5.74, 6) is -0.590. The molecule has 4 rings (SSSR count). The zero-order chi connectivity index (χ0) is 28.5. The van der Waals surface area contributed by atoms with Crippen LogP contribution in [0.2, 0.25) is 0 Å². The highest BCUT2D eigenvalue weighted by Crippen LogP contribution is 2.32. The van der Waals surface area contributed by atoms with E-state index in [9.17, 15) is 26.7 Å². The first-order chi connectivity index (χ1) is 18.3. The molecule has 2 N–H and O–H groups in total. The number of aliphatic hydroxyl groups is 1. The number of carbonyl (C=O) groups is 1. The summed E-state index contributed by atoms with van der Waals surface area (Å²) in [6.07, 6.45) is 2.13. The lowest BCUT2D eigenvalue weighted by Gasteiger charge is -2.38. The number of nitrogens with zero attached hydrogens (tertiary/aromatic N) is 4. The number of hydrogen-bond donors (Lipinski definition) is 2. The molecule has 3 aromatic rings. The van der Waals surface area contributed by atoms with E-state index in [1.165, 1.54) is 53.3 Å². The molecular weight excluding hydrogens is 566 g/mol. The fourth-order valence-electron chi connectivity index (χ4n) is 4.16. The van der Waals surface area contributed by atoms with E-state index in [2.05, 4.69) is 9.71 Å². The van der Waals surface area contributed by atoms with Crippen LogP contribution in [0.3, 0.4) is 0 Å². The molecule has 2 aromatic heterocycles. The van der Waals surface area contributed by atoms with Crippen LogP contribution < -0.4 is 9.46 Å². The minimum absolute atomic E-state index is 0.0399. The van der Waals surface area contributed by atoms with Crippen LogP contribution in [0.25, 0.3) is 0 Å². The van der Waals surface area contributed by atoms with E-state index >= 15 is 0 Å². The lowest BCUT2D eigenvalue weighted by Crippen LogP contribution is -2.50. The van der Waals surface area contributed by atoms with Gasteiger partial charge < -0.3 is 19.3 Å². The molecule has 3 atom stereocenters. The van der Waals surface area contributed by atoms with E-state index in [4.69, 9.17) is 4.74 Å². The van der Waals surface area contributed by atoms with Crippen molar-refractivity contribution in [1.82, 2.24) is 18.8 Å². The molecule has 0 unspecified atom stereocenters. The number of fused-ring (bicyclic) bond motifs is 1. The molecule has 0 saturated carbocycles. The summed E-state index contributed by atoms with van der Waals surface area (Å²) in [4.78, 5) is 19.1. The second-order valence-electron chi connectivity index (χ2n) is 9.53. The molecule has 0 radical (unpaired) electrons. The van der Waals surface area contributed by atoms with Crippen LogP contribution in [0.1, 0.15) is 24.2 Å². The highest BCUT2D eigenvalue weighted by atomic mass is 32.2. The Kier molecular flexibility index (Phi) is 8.37. The van der Waals surface area contributed by atoms with Crippen LogP contribution in [0.4, 0.5) is 5.69 Å². The predicted molar refractivity (Wildman–Crippen MR) is 146 cm³/mol. The third-order valence-corrected chi connectivity index (χ3v) is 11.0. The maximum atomic E-state index is 13.6. The topological polar surface area (TPSA) is 151 Å². The number of ether oxygens (including phenoxy) is 1.